The number of nitrogens with one attached hydrogen (secondary N) is 4. The van der Waals surface area contributed by atoms with E-state index in [4.69, 9.17) is 29.7 Å². The summed E-state index contributed by atoms with van der Waals surface area (Å²) in [4.78, 5) is 54.7. The lowest BCUT2D eigenvalue weighted by atomic mass is 9.86. The van der Waals surface area contributed by atoms with Crippen LogP contribution in [0.4, 0.5) is 15.5 Å². The minimum atomic E-state index is -3.75. The molecule has 2 amide bonds. The van der Waals surface area contributed by atoms with Gasteiger partial charge in [0.25, 0.3) is 0 Å². The molecule has 0 saturated heterocycles. The first-order valence-electron chi connectivity index (χ1n) is 31.6. The molecule has 0 radical (unpaired) electrons. The molecule has 4 heterocycles. The van der Waals surface area contributed by atoms with Crippen molar-refractivity contribution >= 4 is 83.3 Å². The van der Waals surface area contributed by atoms with E-state index in [1.807, 2.05) is 56.8 Å². The van der Waals surface area contributed by atoms with E-state index < -0.39 is 36.2 Å². The number of nitrogens with two attached hydrogens (primary N) is 1. The van der Waals surface area contributed by atoms with Crippen LogP contribution >= 0.6 is 22.7 Å². The van der Waals surface area contributed by atoms with Crippen molar-refractivity contribution in [2.24, 2.45) is 0 Å². The second kappa shape index (κ2) is 35.0. The maximum absolute atomic E-state index is 13.4. The van der Waals surface area contributed by atoms with Gasteiger partial charge in [0.05, 0.1) is 41.8 Å². The lowest BCUT2D eigenvalue weighted by Gasteiger charge is -2.28. The van der Waals surface area contributed by atoms with E-state index in [1.165, 1.54) is 23.4 Å². The first kappa shape index (κ1) is 74.3. The Balaban J connectivity index is 0.000000247. The number of benzene rings is 2. The van der Waals surface area contributed by atoms with E-state index >= 15 is 0 Å². The van der Waals surface area contributed by atoms with Crippen LogP contribution in [0, 0.1) is 0 Å². The molecular weight excluding hydrogens is 1270 g/mol. The molecule has 0 bridgehead atoms. The summed E-state index contributed by atoms with van der Waals surface area (Å²) in [6.07, 6.45) is 18.6. The van der Waals surface area contributed by atoms with Gasteiger partial charge in [0.15, 0.2) is 0 Å². The number of rotatable bonds is 28. The monoisotopic (exact) mass is 1370 g/mol. The first-order valence-corrected chi connectivity index (χ1v) is 43.6. The van der Waals surface area contributed by atoms with E-state index in [-0.39, 0.29) is 64.6 Å². The Kier molecular flexibility index (Phi) is 28.6. The van der Waals surface area contributed by atoms with E-state index in [9.17, 15) is 31.2 Å². The molecule has 91 heavy (non-hydrogen) atoms. The fourth-order valence-corrected chi connectivity index (χ4v) is 16.7. The molecule has 2 aliphatic carbocycles. The summed E-state index contributed by atoms with van der Waals surface area (Å²) in [5, 5.41) is 7.85. The van der Waals surface area contributed by atoms with Crippen LogP contribution in [0.5, 0.6) is 0 Å². The number of aldehydes is 1. The van der Waals surface area contributed by atoms with Crippen LogP contribution in [0.1, 0.15) is 137 Å². The van der Waals surface area contributed by atoms with Crippen molar-refractivity contribution < 1.29 is 50.2 Å². The van der Waals surface area contributed by atoms with Crippen molar-refractivity contribution in [2.45, 2.75) is 217 Å². The van der Waals surface area contributed by atoms with Gasteiger partial charge in [-0.25, -0.2) is 55.8 Å². The fraction of sp³-hybridized carbons (Fsp3) is 0.571. The highest BCUT2D eigenvalue weighted by Gasteiger charge is 2.30. The molecule has 0 spiro atoms. The predicted molar refractivity (Wildman–Crippen MR) is 366 cm³/mol. The molecule has 2 saturated carbocycles. The SMILES string of the molecule is CCNS(=O)(=O)c1cc(C=O)ccc1-c1cnc(C2CCC(NC(=O)OC(C)C)CC2)s1.CCNS(=O)(=O)c1cc(CCc2nccn2COCC[Si](C)(C)C)ccc1-c1cnc(C2CCC(NC(=O)OC(C)C)CC2)s1.C[Si](C)(C)CCOCn1ccnc1N. The van der Waals surface area contributed by atoms with Crippen molar-refractivity contribution in [1.82, 2.24) is 49.1 Å². The number of alkyl carbamates (subject to hydrolysis) is 2. The number of amides is 2. The van der Waals surface area contributed by atoms with Gasteiger partial charge < -0.3 is 39.9 Å². The summed E-state index contributed by atoms with van der Waals surface area (Å²) >= 11 is 3.03. The minimum Gasteiger partial charge on any atom is -0.447 e. The molecule has 2 fully saturated rings. The van der Waals surface area contributed by atoms with Gasteiger partial charge in [-0.2, -0.15) is 0 Å². The minimum absolute atomic E-state index is 0.0794. The summed E-state index contributed by atoms with van der Waals surface area (Å²) in [6.45, 7) is 27.9. The summed E-state index contributed by atoms with van der Waals surface area (Å²) in [6, 6.07) is 12.8. The number of anilines is 1. The Labute approximate surface area is 549 Å². The van der Waals surface area contributed by atoms with E-state index in [1.54, 1.807) is 72.7 Å². The molecule has 2 aromatic carbocycles. The molecule has 6 N–H and O–H groups in total. The Morgan fingerprint density at radius 1 is 0.637 bits per heavy atom. The zero-order chi connectivity index (χ0) is 66.5. The molecule has 0 aliphatic heterocycles. The molecule has 8 rings (SSSR count). The van der Waals surface area contributed by atoms with Crippen LogP contribution in [0.25, 0.3) is 20.9 Å². The van der Waals surface area contributed by atoms with Gasteiger partial charge in [-0.1, -0.05) is 77.4 Å². The predicted octanol–water partition coefficient (Wildman–Crippen LogP) is 12.4. The van der Waals surface area contributed by atoms with Gasteiger partial charge in [-0.05, 0) is 115 Å². The second-order valence-corrected chi connectivity index (χ2v) is 42.7. The Bertz CT molecular complexity index is 3490. The van der Waals surface area contributed by atoms with Crippen LogP contribution < -0.4 is 25.8 Å². The summed E-state index contributed by atoms with van der Waals surface area (Å²) in [5.41, 5.74) is 8.01. The second-order valence-electron chi connectivity index (χ2n) is 25.9. The number of nitrogens with zero attached hydrogens (tertiary/aromatic N) is 6. The topological polar surface area (TPSA) is 292 Å². The third-order valence-electron chi connectivity index (χ3n) is 15.1. The highest BCUT2D eigenvalue weighted by Crippen LogP contribution is 2.41. The molecular formula is C63H97N11O11S4Si2. The van der Waals surface area contributed by atoms with E-state index in [2.05, 4.69) is 74.3 Å². The normalized spacial score (nSPS) is 17.2. The molecule has 2 aliphatic rings. The van der Waals surface area contributed by atoms with E-state index in [0.29, 0.717) is 61.8 Å². The fourth-order valence-electron chi connectivity index (χ4n) is 10.2. The summed E-state index contributed by atoms with van der Waals surface area (Å²) in [5.74, 6) is 1.96. The highest BCUT2D eigenvalue weighted by atomic mass is 32.2. The van der Waals surface area contributed by atoms with Crippen LogP contribution in [0.15, 0.2) is 83.4 Å². The number of hydrogen-bond donors (Lipinski definition) is 5. The lowest BCUT2D eigenvalue weighted by molar-refractivity contribution is 0.0851. The Morgan fingerprint density at radius 3 is 1.53 bits per heavy atom. The molecule has 0 unspecified atom stereocenters. The van der Waals surface area contributed by atoms with Crippen molar-refractivity contribution in [3.8, 4) is 20.9 Å². The number of sulfonamides is 2. The van der Waals surface area contributed by atoms with Crippen LogP contribution in [0.3, 0.4) is 0 Å². The number of thiazole rings is 2. The van der Waals surface area contributed by atoms with Crippen LogP contribution in [-0.2, 0) is 65.3 Å². The molecule has 0 atom stereocenters. The number of aromatic nitrogens is 6. The van der Waals surface area contributed by atoms with Crippen molar-refractivity contribution in [3.05, 3.63) is 101 Å². The third kappa shape index (κ3) is 24.3. The summed E-state index contributed by atoms with van der Waals surface area (Å²) in [7, 11) is -9.60. The zero-order valence-electron chi connectivity index (χ0n) is 55.1. The maximum atomic E-state index is 13.4. The van der Waals surface area contributed by atoms with Crippen molar-refractivity contribution in [3.63, 3.8) is 0 Å². The maximum Gasteiger partial charge on any atom is 0.407 e. The molecule has 6 aromatic rings. The Hall–Kier alpha value is -5.70. The number of carbonyl (C=O) groups excluding carboxylic acids is 3. The van der Waals surface area contributed by atoms with Gasteiger partial charge >= 0.3 is 12.2 Å². The number of ether oxygens (including phenoxy) is 4. The summed E-state index contributed by atoms with van der Waals surface area (Å²) < 4.78 is 83.0. The largest absolute Gasteiger partial charge is 0.447 e. The zero-order valence-corrected chi connectivity index (χ0v) is 60.3. The number of aryl methyl sites for hydroxylation is 2. The highest BCUT2D eigenvalue weighted by molar-refractivity contribution is 7.90. The molecule has 28 heteroatoms. The van der Waals surface area contributed by atoms with Gasteiger partial charge in [-0.3, -0.25) is 9.36 Å². The smallest absolute Gasteiger partial charge is 0.407 e. The standard InChI is InChI=1S/C32H49N5O5S2Si.C22H29N3O5S2.C9H19N3OSi/c1-7-35-44(39,40)29-20-24(9-15-30-33-16-17-37(30)22-41-18-19-45(4,5)6)8-14-27(29)28-21-34-31(43-28)25-10-12-26(13-11-25)36-32(38)42-23(2)3;1-4-24-32(28,29)20-11-15(13-26)5-10-18(20)19-12-23-21(31-19)16-6-8-17(9-7-16)25-22(27)30-14(2)3;1-14(2,3)7-6-13-8-12-5-4-11-9(12)10/h8,14,16-17,20-21,23,25-26,35H,7,9-13,15,18-19,22H2,1-6H3,(H,36,38);5,10-14,16-17,24H,4,6-9H2,1-3H3,(H,25,27);4-5H,6-8H2,1-3H3,(H2,10,11). The van der Waals surface area contributed by atoms with Crippen LogP contribution in [0.2, 0.25) is 51.4 Å². The van der Waals surface area contributed by atoms with Gasteiger partial charge in [0.2, 0.25) is 26.0 Å². The number of nitrogen functional groups attached to an aromatic ring is 1. The Morgan fingerprint density at radius 2 is 1.09 bits per heavy atom. The first-order chi connectivity index (χ1) is 43.1. The van der Waals surface area contributed by atoms with Gasteiger partial charge in [-0.15, -0.1) is 22.7 Å². The number of imidazole rings is 2. The molecule has 502 valence electrons. The van der Waals surface area contributed by atoms with Crippen LogP contribution in [-0.4, -0.2) is 131 Å². The molecule has 4 aromatic heterocycles. The number of carbonyl (C=O) groups is 3. The average Bonchev–Trinajstić information content (AvgIpc) is 1.81. The van der Waals surface area contributed by atoms with Gasteiger partial charge in [0, 0.05) is 127 Å². The third-order valence-corrected chi connectivity index (χ3v) is 24.1. The quantitative estimate of drug-likeness (QED) is 0.0173. The van der Waals surface area contributed by atoms with Crippen molar-refractivity contribution in [2.75, 3.05) is 32.0 Å². The van der Waals surface area contributed by atoms with Crippen molar-refractivity contribution in [1.29, 1.82) is 0 Å². The number of hydrogen-bond acceptors (Lipinski definition) is 18. The van der Waals surface area contributed by atoms with Gasteiger partial charge in [0.1, 0.15) is 25.6 Å². The van der Waals surface area contributed by atoms with E-state index in [0.717, 1.165) is 102 Å². The molecule has 22 nitrogen and oxygen atoms in total. The lowest BCUT2D eigenvalue weighted by Crippen LogP contribution is -2.38. The average molecular weight is 1370 g/mol.